The summed E-state index contributed by atoms with van der Waals surface area (Å²) in [5.41, 5.74) is 2.47. The molecule has 0 saturated carbocycles. The first kappa shape index (κ1) is 23.2. The second-order valence-electron chi connectivity index (χ2n) is 8.19. The van der Waals surface area contributed by atoms with Crippen molar-refractivity contribution >= 4 is 27.9 Å². The Hall–Kier alpha value is -4.52. The van der Waals surface area contributed by atoms with Gasteiger partial charge in [-0.05, 0) is 43.7 Å². The van der Waals surface area contributed by atoms with E-state index in [9.17, 15) is 9.59 Å². The van der Waals surface area contributed by atoms with Crippen molar-refractivity contribution in [3.8, 4) is 33.9 Å². The predicted molar refractivity (Wildman–Crippen MR) is 136 cm³/mol. The van der Waals surface area contributed by atoms with Gasteiger partial charge in [-0.2, -0.15) is 0 Å². The maximum absolute atomic E-state index is 12.6. The molecular weight excluding hydrogens is 460 g/mol. The fourth-order valence-electron chi connectivity index (χ4n) is 4.16. The van der Waals surface area contributed by atoms with Gasteiger partial charge in [0.1, 0.15) is 17.1 Å². The summed E-state index contributed by atoms with van der Waals surface area (Å²) in [6.45, 7) is 3.63. The monoisotopic (exact) mass is 484 g/mol. The Bertz CT molecular complexity index is 1610. The minimum absolute atomic E-state index is 0.251. The summed E-state index contributed by atoms with van der Waals surface area (Å²) in [6.07, 6.45) is -0.848. The summed E-state index contributed by atoms with van der Waals surface area (Å²) < 4.78 is 28.3. The topological polar surface area (TPSA) is 88.1 Å². The molecule has 2 heterocycles. The van der Waals surface area contributed by atoms with Crippen LogP contribution in [-0.2, 0) is 9.53 Å². The van der Waals surface area contributed by atoms with Gasteiger partial charge >= 0.3 is 11.6 Å². The van der Waals surface area contributed by atoms with Gasteiger partial charge in [-0.25, -0.2) is 9.59 Å². The van der Waals surface area contributed by atoms with Crippen LogP contribution in [0, 0.1) is 0 Å². The molecule has 0 saturated heterocycles. The number of hydrogen-bond acceptors (Lipinski definition) is 7. The molecule has 0 radical (unpaired) electrons. The third kappa shape index (κ3) is 4.31. The third-order valence-corrected chi connectivity index (χ3v) is 5.85. The molecule has 7 heteroatoms. The summed E-state index contributed by atoms with van der Waals surface area (Å²) in [7, 11) is 1.57. The van der Waals surface area contributed by atoms with Gasteiger partial charge in [0.2, 0.25) is 0 Å². The van der Waals surface area contributed by atoms with Crippen LogP contribution in [-0.4, -0.2) is 25.8 Å². The third-order valence-electron chi connectivity index (χ3n) is 5.85. The van der Waals surface area contributed by atoms with Gasteiger partial charge in [-0.3, -0.25) is 0 Å². The first-order valence-corrected chi connectivity index (χ1v) is 11.6. The lowest BCUT2D eigenvalue weighted by molar-refractivity contribution is -0.150. The van der Waals surface area contributed by atoms with Gasteiger partial charge in [0.25, 0.3) is 0 Å². The molecule has 182 valence electrons. The maximum atomic E-state index is 12.6. The maximum Gasteiger partial charge on any atom is 0.347 e. The van der Waals surface area contributed by atoms with Crippen molar-refractivity contribution in [1.29, 1.82) is 0 Å². The van der Waals surface area contributed by atoms with Gasteiger partial charge in [-0.1, -0.05) is 42.5 Å². The van der Waals surface area contributed by atoms with Crippen molar-refractivity contribution in [1.82, 2.24) is 0 Å². The van der Waals surface area contributed by atoms with E-state index in [1.54, 1.807) is 33.1 Å². The van der Waals surface area contributed by atoms with E-state index in [-0.39, 0.29) is 6.61 Å². The van der Waals surface area contributed by atoms with Crippen molar-refractivity contribution in [3.05, 3.63) is 83.2 Å². The molecule has 0 fully saturated rings. The van der Waals surface area contributed by atoms with E-state index < -0.39 is 17.7 Å². The molecule has 5 rings (SSSR count). The average molecular weight is 485 g/mol. The first-order chi connectivity index (χ1) is 17.5. The number of ether oxygens (including phenoxy) is 3. The zero-order valence-corrected chi connectivity index (χ0v) is 20.1. The van der Waals surface area contributed by atoms with Crippen LogP contribution >= 0.6 is 0 Å². The fourth-order valence-corrected chi connectivity index (χ4v) is 4.16. The molecule has 0 aliphatic carbocycles. The lowest BCUT2D eigenvalue weighted by Gasteiger charge is -2.18. The van der Waals surface area contributed by atoms with Gasteiger partial charge in [0, 0.05) is 28.0 Å². The van der Waals surface area contributed by atoms with E-state index in [4.69, 9.17) is 23.0 Å². The number of fused-ring (bicyclic) bond motifs is 2. The van der Waals surface area contributed by atoms with Crippen LogP contribution in [0.5, 0.6) is 11.5 Å². The molecule has 0 aliphatic rings. The zero-order valence-electron chi connectivity index (χ0n) is 20.1. The average Bonchev–Trinajstić information content (AvgIpc) is 3.33. The van der Waals surface area contributed by atoms with E-state index in [1.807, 2.05) is 54.6 Å². The molecule has 0 amide bonds. The minimum atomic E-state index is -0.848. The van der Waals surface area contributed by atoms with Crippen molar-refractivity contribution in [3.63, 3.8) is 0 Å². The van der Waals surface area contributed by atoms with Crippen LogP contribution < -0.4 is 15.1 Å². The summed E-state index contributed by atoms with van der Waals surface area (Å²) >= 11 is 0. The second kappa shape index (κ2) is 9.62. The normalized spacial score (nSPS) is 12.0. The number of para-hydroxylation sites is 1. The Morgan fingerprint density at radius 3 is 2.47 bits per heavy atom. The molecule has 0 spiro atoms. The molecule has 3 aromatic carbocycles. The number of methoxy groups -OCH3 is 1. The van der Waals surface area contributed by atoms with Gasteiger partial charge in [0.05, 0.1) is 13.7 Å². The number of furan rings is 1. The smallest absolute Gasteiger partial charge is 0.347 e. The summed E-state index contributed by atoms with van der Waals surface area (Å²) in [4.78, 5) is 24.9. The molecule has 7 nitrogen and oxygen atoms in total. The number of hydrogen-bond donors (Lipinski definition) is 0. The van der Waals surface area contributed by atoms with Gasteiger partial charge in [0.15, 0.2) is 17.4 Å². The number of rotatable bonds is 7. The second-order valence-corrected chi connectivity index (χ2v) is 8.19. The SMILES string of the molecule is CCOC(=O)[C@H](C)Oc1cc2c(-c3cc4cccc(OC)c4o3)cc(=O)oc2cc1-c1ccccc1. The van der Waals surface area contributed by atoms with Crippen molar-refractivity contribution < 1.29 is 27.8 Å². The number of benzene rings is 3. The highest BCUT2D eigenvalue weighted by atomic mass is 16.6. The van der Waals surface area contributed by atoms with Crippen LogP contribution in [0.25, 0.3) is 44.4 Å². The summed E-state index contributed by atoms with van der Waals surface area (Å²) in [6, 6.07) is 21.8. The van der Waals surface area contributed by atoms with Crippen molar-refractivity contribution in [2.45, 2.75) is 20.0 Å². The fraction of sp³-hybridized carbons (Fsp3) is 0.172. The lowest BCUT2D eigenvalue weighted by atomic mass is 10.00. The van der Waals surface area contributed by atoms with Crippen molar-refractivity contribution in [2.24, 2.45) is 0 Å². The Morgan fingerprint density at radius 1 is 0.917 bits per heavy atom. The Labute approximate surface area is 206 Å². The van der Waals surface area contributed by atoms with Gasteiger partial charge in [-0.15, -0.1) is 0 Å². The molecule has 0 bridgehead atoms. The largest absolute Gasteiger partial charge is 0.493 e. The minimum Gasteiger partial charge on any atom is -0.493 e. The highest BCUT2D eigenvalue weighted by Crippen LogP contribution is 2.40. The van der Waals surface area contributed by atoms with Crippen LogP contribution in [0.15, 0.2) is 86.4 Å². The Balaban J connectivity index is 1.73. The van der Waals surface area contributed by atoms with Crippen LogP contribution in [0.3, 0.4) is 0 Å². The Morgan fingerprint density at radius 2 is 1.72 bits per heavy atom. The molecule has 2 aromatic heterocycles. The molecule has 0 aliphatic heterocycles. The van der Waals surface area contributed by atoms with E-state index in [0.29, 0.717) is 44.9 Å². The van der Waals surface area contributed by atoms with Gasteiger partial charge < -0.3 is 23.0 Å². The summed E-state index contributed by atoms with van der Waals surface area (Å²) in [5, 5.41) is 1.43. The number of esters is 1. The highest BCUT2D eigenvalue weighted by Gasteiger charge is 2.21. The van der Waals surface area contributed by atoms with Crippen LogP contribution in [0.2, 0.25) is 0 Å². The number of carbonyl (C=O) groups is 1. The molecule has 5 aromatic rings. The standard InChI is InChI=1S/C29H24O7/c1-4-33-29(31)17(2)34-25-15-21-22(24-13-19-11-8-12-23(32-3)28(19)36-24)16-27(30)35-26(21)14-20(25)18-9-6-5-7-10-18/h5-17H,4H2,1-3H3/t17-/m0/s1. The lowest BCUT2D eigenvalue weighted by Crippen LogP contribution is -2.26. The van der Waals surface area contributed by atoms with E-state index >= 15 is 0 Å². The van der Waals surface area contributed by atoms with Crippen molar-refractivity contribution in [2.75, 3.05) is 13.7 Å². The van der Waals surface area contributed by atoms with E-state index in [1.165, 1.54) is 6.07 Å². The molecule has 1 atom stereocenters. The predicted octanol–water partition coefficient (Wildman–Crippen LogP) is 6.21. The quantitative estimate of drug-likeness (QED) is 0.200. The molecule has 36 heavy (non-hydrogen) atoms. The zero-order chi connectivity index (χ0) is 25.2. The summed E-state index contributed by atoms with van der Waals surface area (Å²) in [5.74, 6) is 1.03. The Kier molecular flexibility index (Phi) is 6.21. The van der Waals surface area contributed by atoms with E-state index in [0.717, 1.165) is 10.9 Å². The van der Waals surface area contributed by atoms with E-state index in [2.05, 4.69) is 0 Å². The highest BCUT2D eigenvalue weighted by molar-refractivity contribution is 5.98. The van der Waals surface area contributed by atoms with Crippen LogP contribution in [0.1, 0.15) is 13.8 Å². The molecular formula is C29H24O7. The van der Waals surface area contributed by atoms with Crippen LogP contribution in [0.4, 0.5) is 0 Å². The number of carbonyl (C=O) groups excluding carboxylic acids is 1. The first-order valence-electron chi connectivity index (χ1n) is 11.6. The molecule has 0 N–H and O–H groups in total. The molecule has 0 unspecified atom stereocenters.